The van der Waals surface area contributed by atoms with Crippen molar-refractivity contribution >= 4 is 12.2 Å². The van der Waals surface area contributed by atoms with E-state index in [1.165, 1.54) is 5.56 Å². The quantitative estimate of drug-likeness (QED) is 0.755. The molecule has 1 aromatic heterocycles. The van der Waals surface area contributed by atoms with Gasteiger partial charge >= 0.3 is 0 Å². The van der Waals surface area contributed by atoms with Gasteiger partial charge in [-0.25, -0.2) is 0 Å². The topological polar surface area (TPSA) is 63.1 Å². The molecule has 0 spiro atoms. The number of aromatic hydroxyl groups is 1. The number of nitrogens with one attached hydrogen (secondary N) is 1. The van der Waals surface area contributed by atoms with Gasteiger partial charge in [0.25, 0.3) is 0 Å². The van der Waals surface area contributed by atoms with Gasteiger partial charge in [-0.2, -0.15) is 5.10 Å². The third-order valence-corrected chi connectivity index (χ3v) is 5.17. The molecule has 0 radical (unpaired) electrons. The molecule has 1 saturated heterocycles. The van der Waals surface area contributed by atoms with Crippen molar-refractivity contribution in [2.75, 3.05) is 6.61 Å². The molecule has 25 heavy (non-hydrogen) atoms. The smallest absolute Gasteiger partial charge is 0.195 e. The van der Waals surface area contributed by atoms with Crippen molar-refractivity contribution in [3.05, 3.63) is 28.0 Å². The van der Waals surface area contributed by atoms with Gasteiger partial charge in [-0.15, -0.1) is 0 Å². The molecular weight excluding hydrogens is 334 g/mol. The number of aromatic nitrogens is 3. The van der Waals surface area contributed by atoms with Crippen LogP contribution < -0.4 is 0 Å². The standard InChI is InChI=1S/C19H27N3O2S/c1-11(2)13-8-15(12(3)4)17(23)16(9-13)18-20-21-19(25)22(18)10-14-6-5-7-24-14/h8-9,11-12,14,23H,5-7,10H2,1-4H3,(H,21,25). The minimum Gasteiger partial charge on any atom is -0.507 e. The van der Waals surface area contributed by atoms with Crippen molar-refractivity contribution in [1.29, 1.82) is 0 Å². The zero-order valence-electron chi connectivity index (χ0n) is 15.4. The van der Waals surface area contributed by atoms with Crippen LogP contribution in [0.5, 0.6) is 5.75 Å². The lowest BCUT2D eigenvalue weighted by Crippen LogP contribution is -2.16. The summed E-state index contributed by atoms with van der Waals surface area (Å²) in [6.45, 7) is 9.95. The summed E-state index contributed by atoms with van der Waals surface area (Å²) in [5.74, 6) is 1.57. The number of ether oxygens (including phenoxy) is 1. The highest BCUT2D eigenvalue weighted by Gasteiger charge is 2.23. The first-order valence-electron chi connectivity index (χ1n) is 9.02. The Morgan fingerprint density at radius 2 is 2.08 bits per heavy atom. The zero-order valence-corrected chi connectivity index (χ0v) is 16.2. The molecular formula is C19H27N3O2S. The molecule has 6 heteroatoms. The van der Waals surface area contributed by atoms with Gasteiger partial charge in [-0.05, 0) is 54.1 Å². The largest absolute Gasteiger partial charge is 0.507 e. The van der Waals surface area contributed by atoms with Crippen molar-refractivity contribution in [3.63, 3.8) is 0 Å². The van der Waals surface area contributed by atoms with E-state index in [0.29, 0.717) is 28.8 Å². The van der Waals surface area contributed by atoms with Crippen LogP contribution in [0, 0.1) is 4.77 Å². The molecule has 0 bridgehead atoms. The van der Waals surface area contributed by atoms with Crippen LogP contribution in [-0.2, 0) is 11.3 Å². The zero-order chi connectivity index (χ0) is 18.1. The molecule has 1 atom stereocenters. The van der Waals surface area contributed by atoms with E-state index in [1.54, 1.807) is 0 Å². The van der Waals surface area contributed by atoms with E-state index in [1.807, 2.05) is 10.6 Å². The average Bonchev–Trinajstić information content (AvgIpc) is 3.19. The molecule has 1 unspecified atom stereocenters. The van der Waals surface area contributed by atoms with Crippen LogP contribution in [0.3, 0.4) is 0 Å². The molecule has 1 aliphatic rings. The number of rotatable bonds is 5. The van der Waals surface area contributed by atoms with Crippen LogP contribution in [0.2, 0.25) is 0 Å². The van der Waals surface area contributed by atoms with Crippen LogP contribution in [0.25, 0.3) is 11.4 Å². The first-order valence-corrected chi connectivity index (χ1v) is 9.43. The predicted molar refractivity (Wildman–Crippen MR) is 102 cm³/mol. The van der Waals surface area contributed by atoms with Crippen molar-refractivity contribution in [1.82, 2.24) is 14.8 Å². The molecule has 1 aliphatic heterocycles. The lowest BCUT2D eigenvalue weighted by Gasteiger charge is -2.18. The summed E-state index contributed by atoms with van der Waals surface area (Å²) in [5.41, 5.74) is 2.87. The first-order chi connectivity index (χ1) is 11.9. The van der Waals surface area contributed by atoms with Crippen LogP contribution >= 0.6 is 12.2 Å². The molecule has 0 saturated carbocycles. The highest BCUT2D eigenvalue weighted by Crippen LogP contribution is 2.38. The summed E-state index contributed by atoms with van der Waals surface area (Å²) in [6.07, 6.45) is 2.27. The Hall–Kier alpha value is -1.66. The third kappa shape index (κ3) is 3.65. The molecule has 0 amide bonds. The fourth-order valence-electron chi connectivity index (χ4n) is 3.31. The molecule has 2 heterocycles. The minimum atomic E-state index is 0.156. The Labute approximate surface area is 154 Å². The Morgan fingerprint density at radius 1 is 1.32 bits per heavy atom. The van der Waals surface area contributed by atoms with E-state index in [2.05, 4.69) is 44.0 Å². The van der Waals surface area contributed by atoms with Gasteiger partial charge in [-0.1, -0.05) is 33.8 Å². The molecule has 5 nitrogen and oxygen atoms in total. The summed E-state index contributed by atoms with van der Waals surface area (Å²) >= 11 is 5.43. The molecule has 1 fully saturated rings. The summed E-state index contributed by atoms with van der Waals surface area (Å²) < 4.78 is 8.27. The van der Waals surface area contributed by atoms with Crippen LogP contribution in [0.4, 0.5) is 0 Å². The van der Waals surface area contributed by atoms with Crippen molar-refractivity contribution in [3.8, 4) is 17.1 Å². The monoisotopic (exact) mass is 361 g/mol. The fourth-order valence-corrected chi connectivity index (χ4v) is 3.52. The SMILES string of the molecule is CC(C)c1cc(-c2n[nH]c(=S)n2CC2CCCO2)c(O)c(C(C)C)c1. The van der Waals surface area contributed by atoms with Gasteiger partial charge in [0.05, 0.1) is 18.2 Å². The molecule has 0 aliphatic carbocycles. The predicted octanol–water partition coefficient (Wildman–Crippen LogP) is 4.74. The Morgan fingerprint density at radius 3 is 2.68 bits per heavy atom. The Kier molecular flexibility index (Phi) is 5.29. The number of aromatic amines is 1. The van der Waals surface area contributed by atoms with Gasteiger partial charge in [0.2, 0.25) is 0 Å². The second kappa shape index (κ2) is 7.30. The van der Waals surface area contributed by atoms with Crippen molar-refractivity contribution in [2.45, 2.75) is 65.0 Å². The lowest BCUT2D eigenvalue weighted by atomic mass is 9.91. The maximum absolute atomic E-state index is 10.9. The first kappa shape index (κ1) is 18.1. The average molecular weight is 362 g/mol. The molecule has 2 N–H and O–H groups in total. The highest BCUT2D eigenvalue weighted by molar-refractivity contribution is 7.71. The van der Waals surface area contributed by atoms with Crippen molar-refractivity contribution in [2.24, 2.45) is 0 Å². The van der Waals surface area contributed by atoms with E-state index in [0.717, 1.165) is 30.6 Å². The van der Waals surface area contributed by atoms with E-state index in [4.69, 9.17) is 17.0 Å². The number of benzene rings is 1. The third-order valence-electron chi connectivity index (χ3n) is 4.86. The Bertz CT molecular complexity index is 801. The van der Waals surface area contributed by atoms with Crippen molar-refractivity contribution < 1.29 is 9.84 Å². The van der Waals surface area contributed by atoms with Crippen LogP contribution in [0.15, 0.2) is 12.1 Å². The van der Waals surface area contributed by atoms with Crippen LogP contribution in [-0.4, -0.2) is 32.6 Å². The van der Waals surface area contributed by atoms with Gasteiger partial charge in [-0.3, -0.25) is 9.67 Å². The summed E-state index contributed by atoms with van der Waals surface area (Å²) in [5, 5.41) is 18.2. The normalized spacial score (nSPS) is 17.8. The number of H-pyrrole nitrogens is 1. The highest BCUT2D eigenvalue weighted by atomic mass is 32.1. The van der Waals surface area contributed by atoms with Gasteiger partial charge < -0.3 is 9.84 Å². The number of phenols is 1. The maximum Gasteiger partial charge on any atom is 0.195 e. The number of nitrogens with zero attached hydrogens (tertiary/aromatic N) is 2. The van der Waals surface area contributed by atoms with E-state index in [9.17, 15) is 5.11 Å². The number of hydrogen-bond acceptors (Lipinski definition) is 4. The molecule has 3 rings (SSSR count). The molecule has 136 valence electrons. The van der Waals surface area contributed by atoms with E-state index in [-0.39, 0.29) is 12.0 Å². The van der Waals surface area contributed by atoms with Gasteiger partial charge in [0.15, 0.2) is 10.6 Å². The molecule has 2 aromatic rings. The second-order valence-electron chi connectivity index (χ2n) is 7.41. The van der Waals surface area contributed by atoms with Gasteiger partial charge in [0, 0.05) is 6.61 Å². The summed E-state index contributed by atoms with van der Waals surface area (Å²) in [7, 11) is 0. The maximum atomic E-state index is 10.9. The fraction of sp³-hybridized carbons (Fsp3) is 0.579. The summed E-state index contributed by atoms with van der Waals surface area (Å²) in [6, 6.07) is 4.13. The van der Waals surface area contributed by atoms with E-state index < -0.39 is 0 Å². The Balaban J connectivity index is 2.11. The summed E-state index contributed by atoms with van der Waals surface area (Å²) in [4.78, 5) is 0. The van der Waals surface area contributed by atoms with E-state index >= 15 is 0 Å². The molecule has 1 aromatic carbocycles. The van der Waals surface area contributed by atoms with Crippen LogP contribution in [0.1, 0.15) is 63.5 Å². The number of phenolic OH excluding ortho intramolecular Hbond substituents is 1. The number of hydrogen-bond donors (Lipinski definition) is 2. The minimum absolute atomic E-state index is 0.156. The van der Waals surface area contributed by atoms with Gasteiger partial charge in [0.1, 0.15) is 5.75 Å². The lowest BCUT2D eigenvalue weighted by molar-refractivity contribution is 0.0969. The second-order valence-corrected chi connectivity index (χ2v) is 7.80.